The van der Waals surface area contributed by atoms with Crippen LogP contribution in [0.4, 0.5) is 0 Å². The van der Waals surface area contributed by atoms with Crippen LogP contribution in [0.1, 0.15) is 12.8 Å². The Hall–Kier alpha value is -0.870. The molecule has 0 atom stereocenters. The van der Waals surface area contributed by atoms with E-state index in [9.17, 15) is 4.79 Å². The largest absolute Gasteiger partial charge is 0.480 e. The topological polar surface area (TPSA) is 83.5 Å². The number of rotatable bonds is 4. The first-order chi connectivity index (χ1) is 5.18. The van der Waals surface area contributed by atoms with Crippen molar-refractivity contribution in [3.63, 3.8) is 0 Å². The minimum absolute atomic E-state index is 0.278. The number of aliphatic carboxylic acids is 1. The monoisotopic (exact) mass is 161 g/mol. The fourth-order valence-corrected chi connectivity index (χ4v) is 0.236. The molecule has 0 saturated heterocycles. The second-order valence-electron chi connectivity index (χ2n) is 1.75. The number of aliphatic hydroxyl groups is 1. The average molecular weight is 161 g/mol. The standard InChI is InChI=1S/C5H10O.C2H5NO2/c1-2-3-4-5-6;3-1-2(4)5/h2,6H,1,3-5H2;1,3H2,(H,4,5). The van der Waals surface area contributed by atoms with Gasteiger partial charge in [0.2, 0.25) is 0 Å². The Bertz CT molecular complexity index is 104. The Kier molecular flexibility index (Phi) is 13.8. The van der Waals surface area contributed by atoms with Crippen LogP contribution in [-0.2, 0) is 4.79 Å². The van der Waals surface area contributed by atoms with Gasteiger partial charge in [0, 0.05) is 6.61 Å². The number of hydrogen-bond donors (Lipinski definition) is 3. The van der Waals surface area contributed by atoms with Gasteiger partial charge in [-0.05, 0) is 12.8 Å². The number of hydrogen-bond acceptors (Lipinski definition) is 3. The molecule has 11 heavy (non-hydrogen) atoms. The minimum Gasteiger partial charge on any atom is -0.480 e. The summed E-state index contributed by atoms with van der Waals surface area (Å²) >= 11 is 0. The summed E-state index contributed by atoms with van der Waals surface area (Å²) in [6, 6.07) is 0. The summed E-state index contributed by atoms with van der Waals surface area (Å²) in [4.78, 5) is 9.24. The number of carboxylic acid groups (broad SMARTS) is 1. The first kappa shape index (κ1) is 12.8. The van der Waals surface area contributed by atoms with Crippen LogP contribution in [0.3, 0.4) is 0 Å². The lowest BCUT2D eigenvalue weighted by Crippen LogP contribution is -2.10. The maximum atomic E-state index is 9.24. The minimum atomic E-state index is -0.968. The Morgan fingerprint density at radius 2 is 2.09 bits per heavy atom. The third-order valence-corrected chi connectivity index (χ3v) is 0.741. The predicted octanol–water partition coefficient (Wildman–Crippen LogP) is -0.0254. The van der Waals surface area contributed by atoms with E-state index in [0.717, 1.165) is 12.8 Å². The van der Waals surface area contributed by atoms with Gasteiger partial charge in [0.1, 0.15) is 0 Å². The molecule has 0 aromatic rings. The zero-order chi connectivity index (χ0) is 9.11. The van der Waals surface area contributed by atoms with Crippen LogP contribution in [-0.4, -0.2) is 29.3 Å². The molecule has 0 fully saturated rings. The molecule has 0 aromatic heterocycles. The summed E-state index contributed by atoms with van der Waals surface area (Å²) < 4.78 is 0. The molecular weight excluding hydrogens is 146 g/mol. The second-order valence-corrected chi connectivity index (χ2v) is 1.75. The van der Waals surface area contributed by atoms with Crippen molar-refractivity contribution in [1.82, 2.24) is 0 Å². The highest BCUT2D eigenvalue weighted by Crippen LogP contribution is 1.83. The van der Waals surface area contributed by atoms with Crippen molar-refractivity contribution in [1.29, 1.82) is 0 Å². The maximum Gasteiger partial charge on any atom is 0.317 e. The lowest BCUT2D eigenvalue weighted by Gasteiger charge is -1.81. The maximum absolute atomic E-state index is 9.24. The Balaban J connectivity index is 0. The third kappa shape index (κ3) is 27.2. The normalized spacial score (nSPS) is 7.82. The van der Waals surface area contributed by atoms with Crippen LogP contribution < -0.4 is 5.73 Å². The van der Waals surface area contributed by atoms with E-state index in [-0.39, 0.29) is 13.2 Å². The summed E-state index contributed by atoms with van der Waals surface area (Å²) in [5, 5.41) is 15.7. The van der Waals surface area contributed by atoms with Crippen LogP contribution in [0.5, 0.6) is 0 Å². The first-order valence-electron chi connectivity index (χ1n) is 3.32. The smallest absolute Gasteiger partial charge is 0.317 e. The molecular formula is C7H15NO3. The number of unbranched alkanes of at least 4 members (excludes halogenated alkanes) is 1. The number of nitrogens with two attached hydrogens (primary N) is 1. The Morgan fingerprint density at radius 3 is 2.18 bits per heavy atom. The van der Waals surface area contributed by atoms with Crippen molar-refractivity contribution < 1.29 is 15.0 Å². The quantitative estimate of drug-likeness (QED) is 0.399. The molecule has 0 unspecified atom stereocenters. The second kappa shape index (κ2) is 11.9. The van der Waals surface area contributed by atoms with E-state index in [1.54, 1.807) is 6.08 Å². The van der Waals surface area contributed by atoms with Crippen molar-refractivity contribution in [2.45, 2.75) is 12.8 Å². The highest BCUT2D eigenvalue weighted by molar-refractivity contribution is 5.68. The van der Waals surface area contributed by atoms with Crippen molar-refractivity contribution >= 4 is 5.97 Å². The van der Waals surface area contributed by atoms with Gasteiger partial charge in [0.05, 0.1) is 6.54 Å². The van der Waals surface area contributed by atoms with E-state index in [2.05, 4.69) is 12.3 Å². The number of carboxylic acids is 1. The molecule has 0 saturated carbocycles. The van der Waals surface area contributed by atoms with E-state index >= 15 is 0 Å². The Labute approximate surface area is 66.3 Å². The first-order valence-corrected chi connectivity index (χ1v) is 3.32. The molecule has 0 aliphatic rings. The zero-order valence-corrected chi connectivity index (χ0v) is 6.49. The highest BCUT2D eigenvalue weighted by atomic mass is 16.4. The SMILES string of the molecule is C=CCCCO.NCC(=O)O. The molecule has 0 bridgehead atoms. The van der Waals surface area contributed by atoms with Gasteiger partial charge in [0.15, 0.2) is 0 Å². The predicted molar refractivity (Wildman–Crippen MR) is 43.2 cm³/mol. The zero-order valence-electron chi connectivity index (χ0n) is 6.49. The van der Waals surface area contributed by atoms with Crippen molar-refractivity contribution in [2.24, 2.45) is 5.73 Å². The van der Waals surface area contributed by atoms with E-state index in [1.165, 1.54) is 0 Å². The van der Waals surface area contributed by atoms with Crippen LogP contribution in [0.15, 0.2) is 12.7 Å². The van der Waals surface area contributed by atoms with Gasteiger partial charge in [-0.25, -0.2) is 0 Å². The lowest BCUT2D eigenvalue weighted by molar-refractivity contribution is -0.135. The molecule has 4 N–H and O–H groups in total. The fourth-order valence-electron chi connectivity index (χ4n) is 0.236. The van der Waals surface area contributed by atoms with Gasteiger partial charge >= 0.3 is 5.97 Å². The summed E-state index contributed by atoms with van der Waals surface area (Å²) in [6.07, 6.45) is 3.58. The summed E-state index contributed by atoms with van der Waals surface area (Å²) in [5.74, 6) is -0.968. The summed E-state index contributed by atoms with van der Waals surface area (Å²) in [6.45, 7) is 3.49. The molecule has 0 spiro atoms. The molecule has 0 aromatic carbocycles. The Morgan fingerprint density at radius 1 is 1.64 bits per heavy atom. The molecule has 66 valence electrons. The number of carbonyl (C=O) groups is 1. The van der Waals surface area contributed by atoms with Crippen molar-refractivity contribution in [2.75, 3.05) is 13.2 Å². The van der Waals surface area contributed by atoms with Crippen LogP contribution in [0.25, 0.3) is 0 Å². The van der Waals surface area contributed by atoms with E-state index in [1.807, 2.05) is 0 Å². The molecule has 4 nitrogen and oxygen atoms in total. The molecule has 4 heteroatoms. The van der Waals surface area contributed by atoms with Gasteiger partial charge in [0.25, 0.3) is 0 Å². The average Bonchev–Trinajstić information content (AvgIpc) is 2.02. The fraction of sp³-hybridized carbons (Fsp3) is 0.571. The molecule has 0 aliphatic carbocycles. The third-order valence-electron chi connectivity index (χ3n) is 0.741. The highest BCUT2D eigenvalue weighted by Gasteiger charge is 1.81. The molecule has 0 aliphatic heterocycles. The summed E-state index contributed by atoms with van der Waals surface area (Å²) in [7, 11) is 0. The van der Waals surface area contributed by atoms with E-state index < -0.39 is 5.97 Å². The van der Waals surface area contributed by atoms with Crippen molar-refractivity contribution in [3.8, 4) is 0 Å². The molecule has 0 heterocycles. The van der Waals surface area contributed by atoms with Crippen molar-refractivity contribution in [3.05, 3.63) is 12.7 Å². The number of aliphatic hydroxyl groups excluding tert-OH is 1. The summed E-state index contributed by atoms with van der Waals surface area (Å²) in [5.41, 5.74) is 4.57. The van der Waals surface area contributed by atoms with E-state index in [0.29, 0.717) is 0 Å². The van der Waals surface area contributed by atoms with E-state index in [4.69, 9.17) is 10.2 Å². The van der Waals surface area contributed by atoms with Crippen LogP contribution in [0.2, 0.25) is 0 Å². The van der Waals surface area contributed by atoms with Gasteiger partial charge in [-0.3, -0.25) is 4.79 Å². The van der Waals surface area contributed by atoms with Gasteiger partial charge in [-0.15, -0.1) is 6.58 Å². The van der Waals surface area contributed by atoms with Crippen LogP contribution in [0, 0.1) is 0 Å². The van der Waals surface area contributed by atoms with Gasteiger partial charge in [-0.1, -0.05) is 6.08 Å². The molecule has 0 amide bonds. The van der Waals surface area contributed by atoms with Gasteiger partial charge in [-0.2, -0.15) is 0 Å². The molecule has 0 rings (SSSR count). The molecule has 0 radical (unpaired) electrons. The van der Waals surface area contributed by atoms with Crippen LogP contribution >= 0.6 is 0 Å². The lowest BCUT2D eigenvalue weighted by atomic mass is 10.3. The van der Waals surface area contributed by atoms with Gasteiger partial charge < -0.3 is 15.9 Å². The number of allylic oxidation sites excluding steroid dienone is 1.